The molecule has 0 aromatic heterocycles. The highest BCUT2D eigenvalue weighted by Gasteiger charge is 2.15. The molecule has 9 heteroatoms. The summed E-state index contributed by atoms with van der Waals surface area (Å²) in [7, 11) is 0. The number of amides is 2. The van der Waals surface area contributed by atoms with E-state index in [0.29, 0.717) is 11.3 Å². The van der Waals surface area contributed by atoms with Crippen molar-refractivity contribution in [1.82, 2.24) is 5.43 Å². The molecular formula is C22H16Cl2FN3O3. The van der Waals surface area contributed by atoms with Crippen LogP contribution in [0.25, 0.3) is 0 Å². The summed E-state index contributed by atoms with van der Waals surface area (Å²) >= 11 is 11.8. The number of carbonyl (C=O) groups excluding carboxylic acids is 2. The number of benzene rings is 3. The van der Waals surface area contributed by atoms with Gasteiger partial charge in [0.25, 0.3) is 0 Å². The van der Waals surface area contributed by atoms with Crippen LogP contribution in [0.1, 0.15) is 11.1 Å². The topological polar surface area (TPSA) is 79.8 Å². The predicted molar refractivity (Wildman–Crippen MR) is 118 cm³/mol. The van der Waals surface area contributed by atoms with Crippen molar-refractivity contribution in [2.45, 2.75) is 6.61 Å². The fourth-order valence-electron chi connectivity index (χ4n) is 2.43. The fraction of sp³-hybridized carbons (Fsp3) is 0.0455. The maximum atomic E-state index is 12.9. The zero-order valence-electron chi connectivity index (χ0n) is 15.9. The van der Waals surface area contributed by atoms with E-state index in [9.17, 15) is 14.0 Å². The van der Waals surface area contributed by atoms with Crippen LogP contribution < -0.4 is 15.5 Å². The Hall–Kier alpha value is -3.42. The van der Waals surface area contributed by atoms with Crippen molar-refractivity contribution < 1.29 is 18.7 Å². The summed E-state index contributed by atoms with van der Waals surface area (Å²) < 4.78 is 18.6. The molecule has 0 atom stereocenters. The number of nitrogens with one attached hydrogen (secondary N) is 2. The highest BCUT2D eigenvalue weighted by atomic mass is 35.5. The zero-order valence-corrected chi connectivity index (χ0v) is 17.5. The molecular weight excluding hydrogens is 444 g/mol. The molecule has 2 N–H and O–H groups in total. The maximum Gasteiger partial charge on any atom is 0.329 e. The highest BCUT2D eigenvalue weighted by Crippen LogP contribution is 2.29. The molecule has 0 unspecified atom stereocenters. The van der Waals surface area contributed by atoms with E-state index in [1.807, 2.05) is 0 Å². The second-order valence-corrected chi connectivity index (χ2v) is 7.03. The number of halogens is 3. The summed E-state index contributed by atoms with van der Waals surface area (Å²) in [4.78, 5) is 23.9. The van der Waals surface area contributed by atoms with Gasteiger partial charge in [-0.15, -0.1) is 0 Å². The Bertz CT molecular complexity index is 1120. The summed E-state index contributed by atoms with van der Waals surface area (Å²) in [5.74, 6) is -1.67. The standard InChI is InChI=1S/C22H16Cl2FN3O3/c23-18-5-2-6-19(20(18)24)27-21(29)22(30)28-26-12-15-3-1-4-17(11-15)31-13-14-7-9-16(25)10-8-14/h1-12H,13H2,(H,27,29)(H,28,30)/b26-12-. The van der Waals surface area contributed by atoms with Crippen LogP contribution in [0.2, 0.25) is 10.0 Å². The molecule has 3 aromatic carbocycles. The van der Waals surface area contributed by atoms with Gasteiger partial charge in [-0.2, -0.15) is 5.10 Å². The first-order valence-electron chi connectivity index (χ1n) is 8.98. The van der Waals surface area contributed by atoms with Gasteiger partial charge in [-0.3, -0.25) is 9.59 Å². The molecule has 0 saturated carbocycles. The van der Waals surface area contributed by atoms with E-state index in [-0.39, 0.29) is 28.2 Å². The summed E-state index contributed by atoms with van der Waals surface area (Å²) in [6.07, 6.45) is 1.36. The first-order chi connectivity index (χ1) is 14.9. The molecule has 0 aliphatic carbocycles. The highest BCUT2D eigenvalue weighted by molar-refractivity contribution is 6.45. The molecule has 31 heavy (non-hydrogen) atoms. The number of nitrogens with zero attached hydrogens (tertiary/aromatic N) is 1. The van der Waals surface area contributed by atoms with Gasteiger partial charge in [-0.05, 0) is 47.5 Å². The molecule has 0 bridgehead atoms. The van der Waals surface area contributed by atoms with E-state index >= 15 is 0 Å². The van der Waals surface area contributed by atoms with Crippen molar-refractivity contribution in [1.29, 1.82) is 0 Å². The molecule has 158 valence electrons. The number of anilines is 1. The van der Waals surface area contributed by atoms with Crippen LogP contribution in [0.4, 0.5) is 10.1 Å². The van der Waals surface area contributed by atoms with E-state index in [0.717, 1.165) is 5.56 Å². The second kappa shape index (κ2) is 10.6. The minimum Gasteiger partial charge on any atom is -0.489 e. The molecule has 0 heterocycles. The Labute approximate surface area is 187 Å². The van der Waals surface area contributed by atoms with Crippen LogP contribution in [-0.2, 0) is 16.2 Å². The number of hydrogen-bond donors (Lipinski definition) is 2. The number of carbonyl (C=O) groups is 2. The van der Waals surface area contributed by atoms with E-state index in [1.54, 1.807) is 48.5 Å². The van der Waals surface area contributed by atoms with Crippen LogP contribution in [0, 0.1) is 5.82 Å². The quantitative estimate of drug-likeness (QED) is 0.315. The van der Waals surface area contributed by atoms with E-state index in [1.165, 1.54) is 24.4 Å². The smallest absolute Gasteiger partial charge is 0.329 e. The van der Waals surface area contributed by atoms with E-state index in [4.69, 9.17) is 27.9 Å². The van der Waals surface area contributed by atoms with Crippen molar-refractivity contribution in [3.05, 3.63) is 93.7 Å². The Morgan fingerprint density at radius 3 is 2.52 bits per heavy atom. The normalized spacial score (nSPS) is 10.7. The van der Waals surface area contributed by atoms with Crippen LogP contribution in [-0.4, -0.2) is 18.0 Å². The number of rotatable bonds is 6. The molecule has 3 rings (SSSR count). The Morgan fingerprint density at radius 2 is 1.74 bits per heavy atom. The van der Waals surface area contributed by atoms with Crippen molar-refractivity contribution in [2.75, 3.05) is 5.32 Å². The zero-order chi connectivity index (χ0) is 22.2. The maximum absolute atomic E-state index is 12.9. The molecule has 0 saturated heterocycles. The van der Waals surface area contributed by atoms with Crippen molar-refractivity contribution in [3.8, 4) is 5.75 Å². The first-order valence-corrected chi connectivity index (χ1v) is 9.73. The lowest BCUT2D eigenvalue weighted by atomic mass is 10.2. The molecule has 2 amide bonds. The van der Waals surface area contributed by atoms with Gasteiger partial charge in [0.1, 0.15) is 18.2 Å². The van der Waals surface area contributed by atoms with Crippen molar-refractivity contribution in [2.24, 2.45) is 5.10 Å². The molecule has 0 aliphatic heterocycles. The van der Waals surface area contributed by atoms with E-state index < -0.39 is 11.8 Å². The number of hydrogen-bond acceptors (Lipinski definition) is 4. The third-order valence-corrected chi connectivity index (χ3v) is 4.78. The van der Waals surface area contributed by atoms with Gasteiger partial charge in [-0.25, -0.2) is 9.82 Å². The first kappa shape index (κ1) is 22.3. The van der Waals surface area contributed by atoms with Gasteiger partial charge in [0.05, 0.1) is 21.9 Å². The average molecular weight is 460 g/mol. The van der Waals surface area contributed by atoms with Crippen LogP contribution >= 0.6 is 23.2 Å². The van der Waals surface area contributed by atoms with Crippen LogP contribution in [0.3, 0.4) is 0 Å². The molecule has 3 aromatic rings. The van der Waals surface area contributed by atoms with Crippen LogP contribution in [0.15, 0.2) is 71.8 Å². The Kier molecular flexibility index (Phi) is 7.59. The molecule has 0 fully saturated rings. The van der Waals surface area contributed by atoms with Crippen molar-refractivity contribution >= 4 is 46.9 Å². The molecule has 6 nitrogen and oxygen atoms in total. The summed E-state index contributed by atoms with van der Waals surface area (Å²) in [6, 6.07) is 17.6. The summed E-state index contributed by atoms with van der Waals surface area (Å²) in [5.41, 5.74) is 3.80. The number of hydrazone groups is 1. The van der Waals surface area contributed by atoms with Gasteiger partial charge in [-0.1, -0.05) is 53.5 Å². The lowest BCUT2D eigenvalue weighted by Crippen LogP contribution is -2.32. The Morgan fingerprint density at radius 1 is 1.00 bits per heavy atom. The minimum absolute atomic E-state index is 0.131. The number of ether oxygens (including phenoxy) is 1. The molecule has 0 radical (unpaired) electrons. The summed E-state index contributed by atoms with van der Waals surface area (Å²) in [5, 5.41) is 6.51. The van der Waals surface area contributed by atoms with Gasteiger partial charge < -0.3 is 10.1 Å². The second-order valence-electron chi connectivity index (χ2n) is 6.24. The Balaban J connectivity index is 1.53. The third kappa shape index (κ3) is 6.53. The minimum atomic E-state index is -0.976. The monoisotopic (exact) mass is 459 g/mol. The summed E-state index contributed by atoms with van der Waals surface area (Å²) in [6.45, 7) is 0.268. The average Bonchev–Trinajstić information content (AvgIpc) is 2.77. The van der Waals surface area contributed by atoms with Crippen molar-refractivity contribution in [3.63, 3.8) is 0 Å². The molecule has 0 spiro atoms. The SMILES string of the molecule is O=C(N/N=C\c1cccc(OCc2ccc(F)cc2)c1)C(=O)Nc1cccc(Cl)c1Cl. The molecule has 0 aliphatic rings. The largest absolute Gasteiger partial charge is 0.489 e. The third-order valence-electron chi connectivity index (χ3n) is 3.96. The van der Waals surface area contributed by atoms with Gasteiger partial charge in [0.2, 0.25) is 0 Å². The predicted octanol–water partition coefficient (Wildman–Crippen LogP) is 4.80. The lowest BCUT2D eigenvalue weighted by molar-refractivity contribution is -0.136. The lowest BCUT2D eigenvalue weighted by Gasteiger charge is -2.07. The van der Waals surface area contributed by atoms with Gasteiger partial charge in [0.15, 0.2) is 0 Å². The van der Waals surface area contributed by atoms with Crippen LogP contribution in [0.5, 0.6) is 5.75 Å². The van der Waals surface area contributed by atoms with Gasteiger partial charge in [0, 0.05) is 0 Å². The van der Waals surface area contributed by atoms with E-state index in [2.05, 4.69) is 15.8 Å². The fourth-order valence-corrected chi connectivity index (χ4v) is 2.78. The van der Waals surface area contributed by atoms with Gasteiger partial charge >= 0.3 is 11.8 Å².